The van der Waals surface area contributed by atoms with Crippen molar-refractivity contribution in [2.75, 3.05) is 0 Å². The van der Waals surface area contributed by atoms with Crippen molar-refractivity contribution in [3.8, 4) is 0 Å². The average molecular weight is 310 g/mol. The van der Waals surface area contributed by atoms with E-state index in [2.05, 4.69) is 5.32 Å². The van der Waals surface area contributed by atoms with Gasteiger partial charge in [0.05, 0.1) is 0 Å². The van der Waals surface area contributed by atoms with Gasteiger partial charge in [-0.15, -0.1) is 0 Å². The molecule has 2 amide bonds. The van der Waals surface area contributed by atoms with Gasteiger partial charge in [-0.3, -0.25) is 14.4 Å². The van der Waals surface area contributed by atoms with E-state index in [1.54, 1.807) is 48.5 Å². The van der Waals surface area contributed by atoms with Gasteiger partial charge in [-0.1, -0.05) is 42.5 Å². The molecule has 0 heterocycles. The van der Waals surface area contributed by atoms with Gasteiger partial charge in [0.1, 0.15) is 0 Å². The number of carbonyl (C=O) groups is 3. The summed E-state index contributed by atoms with van der Waals surface area (Å²) in [5, 5.41) is 2.73. The van der Waals surface area contributed by atoms with Crippen molar-refractivity contribution in [2.24, 2.45) is 5.73 Å². The highest BCUT2D eigenvalue weighted by Crippen LogP contribution is 2.06. The third-order valence-corrected chi connectivity index (χ3v) is 3.38. The number of benzene rings is 2. The Morgan fingerprint density at radius 3 is 2.26 bits per heavy atom. The van der Waals surface area contributed by atoms with Crippen LogP contribution in [-0.4, -0.2) is 17.6 Å². The van der Waals surface area contributed by atoms with Crippen molar-refractivity contribution in [1.29, 1.82) is 0 Å². The van der Waals surface area contributed by atoms with Crippen molar-refractivity contribution in [3.63, 3.8) is 0 Å². The molecule has 0 unspecified atom stereocenters. The van der Waals surface area contributed by atoms with Gasteiger partial charge in [-0.05, 0) is 17.7 Å². The zero-order valence-corrected chi connectivity index (χ0v) is 12.6. The van der Waals surface area contributed by atoms with Crippen LogP contribution in [0.2, 0.25) is 0 Å². The Labute approximate surface area is 134 Å². The maximum absolute atomic E-state index is 11.9. The van der Waals surface area contributed by atoms with Gasteiger partial charge in [0.25, 0.3) is 0 Å². The summed E-state index contributed by atoms with van der Waals surface area (Å²) >= 11 is 0. The molecule has 5 nitrogen and oxygen atoms in total. The Hall–Kier alpha value is -2.95. The molecule has 118 valence electrons. The second-order valence-corrected chi connectivity index (χ2v) is 5.13. The number of Topliss-reactive ketones (excluding diaryl/α,β-unsaturated/α-hetero) is 1. The number of hydrogen-bond acceptors (Lipinski definition) is 3. The molecule has 0 spiro atoms. The van der Waals surface area contributed by atoms with E-state index in [9.17, 15) is 14.4 Å². The molecule has 23 heavy (non-hydrogen) atoms. The van der Waals surface area contributed by atoms with Crippen LogP contribution in [0.4, 0.5) is 0 Å². The molecule has 2 aromatic carbocycles. The normalized spacial score (nSPS) is 10.1. The smallest absolute Gasteiger partial charge is 0.248 e. The van der Waals surface area contributed by atoms with E-state index in [1.165, 1.54) is 0 Å². The molecule has 0 aromatic heterocycles. The van der Waals surface area contributed by atoms with E-state index < -0.39 is 5.91 Å². The summed E-state index contributed by atoms with van der Waals surface area (Å²) in [5.41, 5.74) is 7.00. The lowest BCUT2D eigenvalue weighted by Crippen LogP contribution is -2.23. The molecule has 0 fully saturated rings. The lowest BCUT2D eigenvalue weighted by Gasteiger charge is -2.06. The fraction of sp³-hybridized carbons (Fsp3) is 0.167. The summed E-state index contributed by atoms with van der Waals surface area (Å²) < 4.78 is 0. The number of rotatable bonds is 7. The van der Waals surface area contributed by atoms with Crippen molar-refractivity contribution in [3.05, 3.63) is 71.3 Å². The van der Waals surface area contributed by atoms with Gasteiger partial charge in [0, 0.05) is 30.5 Å². The maximum Gasteiger partial charge on any atom is 0.248 e. The quantitative estimate of drug-likeness (QED) is 0.767. The number of hydrogen-bond donors (Lipinski definition) is 2. The second kappa shape index (κ2) is 7.89. The van der Waals surface area contributed by atoms with Crippen molar-refractivity contribution in [2.45, 2.75) is 19.4 Å². The topological polar surface area (TPSA) is 89.3 Å². The molecular formula is C18H18N2O3. The molecule has 2 rings (SSSR count). The third-order valence-electron chi connectivity index (χ3n) is 3.38. The minimum Gasteiger partial charge on any atom is -0.366 e. The Morgan fingerprint density at radius 2 is 1.57 bits per heavy atom. The van der Waals surface area contributed by atoms with E-state index in [0.29, 0.717) is 17.7 Å². The number of nitrogens with two attached hydrogens (primary N) is 1. The van der Waals surface area contributed by atoms with Crippen LogP contribution in [0.15, 0.2) is 54.6 Å². The summed E-state index contributed by atoms with van der Waals surface area (Å²) in [7, 11) is 0. The molecule has 0 radical (unpaired) electrons. The Kier molecular flexibility index (Phi) is 5.63. The fourth-order valence-corrected chi connectivity index (χ4v) is 2.12. The number of amides is 2. The van der Waals surface area contributed by atoms with Gasteiger partial charge in [-0.2, -0.15) is 0 Å². The number of ketones is 1. The lowest BCUT2D eigenvalue weighted by atomic mass is 10.1. The van der Waals surface area contributed by atoms with Crippen molar-refractivity contribution in [1.82, 2.24) is 5.32 Å². The van der Waals surface area contributed by atoms with Crippen molar-refractivity contribution < 1.29 is 14.4 Å². The van der Waals surface area contributed by atoms with E-state index >= 15 is 0 Å². The number of nitrogens with one attached hydrogen (secondary N) is 1. The number of primary amides is 1. The van der Waals surface area contributed by atoms with Crippen LogP contribution >= 0.6 is 0 Å². The molecule has 3 N–H and O–H groups in total. The van der Waals surface area contributed by atoms with E-state index in [0.717, 1.165) is 5.56 Å². The first kappa shape index (κ1) is 16.4. The first-order chi connectivity index (χ1) is 11.1. The molecule has 5 heteroatoms. The van der Waals surface area contributed by atoms with Crippen LogP contribution in [0.3, 0.4) is 0 Å². The average Bonchev–Trinajstić information content (AvgIpc) is 2.58. The van der Waals surface area contributed by atoms with Crippen LogP contribution in [0.5, 0.6) is 0 Å². The largest absolute Gasteiger partial charge is 0.366 e. The zero-order chi connectivity index (χ0) is 16.7. The molecule has 0 aliphatic heterocycles. The summed E-state index contributed by atoms with van der Waals surface area (Å²) in [6, 6.07) is 15.6. The van der Waals surface area contributed by atoms with Crippen LogP contribution in [0, 0.1) is 0 Å². The molecule has 0 aliphatic carbocycles. The van der Waals surface area contributed by atoms with Crippen LogP contribution in [0.1, 0.15) is 39.1 Å². The predicted molar refractivity (Wildman–Crippen MR) is 86.8 cm³/mol. The second-order valence-electron chi connectivity index (χ2n) is 5.13. The first-order valence-corrected chi connectivity index (χ1v) is 7.30. The van der Waals surface area contributed by atoms with Gasteiger partial charge in [0.2, 0.25) is 11.8 Å². The van der Waals surface area contributed by atoms with Gasteiger partial charge in [0.15, 0.2) is 5.78 Å². The first-order valence-electron chi connectivity index (χ1n) is 7.30. The minimum absolute atomic E-state index is 0.0588. The Balaban J connectivity index is 1.80. The van der Waals surface area contributed by atoms with Crippen LogP contribution in [-0.2, 0) is 11.3 Å². The van der Waals surface area contributed by atoms with Gasteiger partial charge >= 0.3 is 0 Å². The van der Waals surface area contributed by atoms with E-state index in [4.69, 9.17) is 5.73 Å². The predicted octanol–water partition coefficient (Wildman–Crippen LogP) is 2.06. The fourth-order valence-electron chi connectivity index (χ4n) is 2.12. The SMILES string of the molecule is NC(=O)c1cccc(CNC(=O)CCC(=O)c2ccccc2)c1. The van der Waals surface area contributed by atoms with E-state index in [-0.39, 0.29) is 24.5 Å². The van der Waals surface area contributed by atoms with Crippen LogP contribution in [0.25, 0.3) is 0 Å². The number of carbonyl (C=O) groups excluding carboxylic acids is 3. The van der Waals surface area contributed by atoms with Gasteiger partial charge in [-0.25, -0.2) is 0 Å². The zero-order valence-electron chi connectivity index (χ0n) is 12.6. The van der Waals surface area contributed by atoms with Crippen molar-refractivity contribution >= 4 is 17.6 Å². The highest BCUT2D eigenvalue weighted by atomic mass is 16.2. The Morgan fingerprint density at radius 1 is 0.870 bits per heavy atom. The highest BCUT2D eigenvalue weighted by molar-refractivity contribution is 5.97. The standard InChI is InChI=1S/C18H18N2O3/c19-18(23)15-8-4-5-13(11-15)12-20-17(22)10-9-16(21)14-6-2-1-3-7-14/h1-8,11H,9-10,12H2,(H2,19,23)(H,20,22). The molecule has 0 bridgehead atoms. The van der Waals surface area contributed by atoms with Gasteiger partial charge < -0.3 is 11.1 Å². The minimum atomic E-state index is -0.508. The molecule has 0 saturated carbocycles. The maximum atomic E-state index is 11.9. The lowest BCUT2D eigenvalue weighted by molar-refractivity contribution is -0.121. The molecule has 0 atom stereocenters. The Bertz CT molecular complexity index is 711. The summed E-state index contributed by atoms with van der Waals surface area (Å²) in [6.45, 7) is 0.291. The highest BCUT2D eigenvalue weighted by Gasteiger charge is 2.09. The van der Waals surface area contributed by atoms with Crippen LogP contribution < -0.4 is 11.1 Å². The summed E-state index contributed by atoms with van der Waals surface area (Å²) in [6.07, 6.45) is 0.292. The summed E-state index contributed by atoms with van der Waals surface area (Å²) in [4.78, 5) is 34.8. The molecule has 0 saturated heterocycles. The molecular weight excluding hydrogens is 292 g/mol. The molecule has 2 aromatic rings. The van der Waals surface area contributed by atoms with E-state index in [1.807, 2.05) is 6.07 Å². The summed E-state index contributed by atoms with van der Waals surface area (Å²) in [5.74, 6) is -0.776. The third kappa shape index (κ3) is 5.07. The monoisotopic (exact) mass is 310 g/mol. The molecule has 0 aliphatic rings.